The van der Waals surface area contributed by atoms with Gasteiger partial charge in [-0.1, -0.05) is 29.8 Å². The lowest BCUT2D eigenvalue weighted by Gasteiger charge is -2.26. The maximum absolute atomic E-state index is 12.3. The molecule has 24 heavy (non-hydrogen) atoms. The van der Waals surface area contributed by atoms with Gasteiger partial charge in [0.05, 0.1) is 6.04 Å². The summed E-state index contributed by atoms with van der Waals surface area (Å²) >= 11 is 7.92. The number of anilines is 1. The number of carbonyl (C=O) groups is 1. The number of benzene rings is 2. The number of nitrogens with one attached hydrogen (secondary N) is 1. The number of aryl methyl sites for hydroxylation is 1. The number of nitrogens with two attached hydrogens (primary N) is 1. The van der Waals surface area contributed by atoms with Crippen LogP contribution in [0.5, 0.6) is 0 Å². The minimum Gasteiger partial charge on any atom is -0.399 e. The molecule has 1 aliphatic heterocycles. The first-order chi connectivity index (χ1) is 11.1. The summed E-state index contributed by atoms with van der Waals surface area (Å²) in [6.45, 7) is 0. The van der Waals surface area contributed by atoms with E-state index in [1.54, 1.807) is 0 Å². The molecule has 0 aromatic heterocycles. The number of fused-ring (bicyclic) bond motifs is 1. The molecule has 0 radical (unpaired) electrons. The van der Waals surface area contributed by atoms with E-state index >= 15 is 0 Å². The number of nitrogen functional groups attached to an aromatic ring is 1. The van der Waals surface area contributed by atoms with E-state index in [1.807, 2.05) is 54.2 Å². The molecule has 1 unspecified atom stereocenters. The average molecular weight is 383 g/mol. The van der Waals surface area contributed by atoms with Crippen LogP contribution >= 0.6 is 35.8 Å². The van der Waals surface area contributed by atoms with Crippen LogP contribution in [0.1, 0.15) is 30.0 Å². The zero-order valence-corrected chi connectivity index (χ0v) is 15.5. The second-order valence-corrected chi connectivity index (χ2v) is 7.21. The van der Waals surface area contributed by atoms with Gasteiger partial charge in [0.25, 0.3) is 0 Å². The Labute approximate surface area is 157 Å². The maximum Gasteiger partial charge on any atom is 0.220 e. The summed E-state index contributed by atoms with van der Waals surface area (Å²) in [4.78, 5) is 13.5. The van der Waals surface area contributed by atoms with Crippen LogP contribution in [-0.4, -0.2) is 11.7 Å². The first-order valence-electron chi connectivity index (χ1n) is 7.68. The van der Waals surface area contributed by atoms with Crippen LogP contribution in [-0.2, 0) is 11.2 Å². The summed E-state index contributed by atoms with van der Waals surface area (Å²) in [5.74, 6) is 1.06. The van der Waals surface area contributed by atoms with E-state index in [-0.39, 0.29) is 24.4 Å². The van der Waals surface area contributed by atoms with Gasteiger partial charge < -0.3 is 11.1 Å². The van der Waals surface area contributed by atoms with E-state index in [0.717, 1.165) is 29.0 Å². The van der Waals surface area contributed by atoms with E-state index in [9.17, 15) is 4.79 Å². The van der Waals surface area contributed by atoms with E-state index in [0.29, 0.717) is 17.9 Å². The van der Waals surface area contributed by atoms with Gasteiger partial charge in [-0.05, 0) is 48.2 Å². The molecule has 3 nitrogen and oxygen atoms in total. The van der Waals surface area contributed by atoms with Gasteiger partial charge in [0, 0.05) is 27.8 Å². The molecule has 128 valence electrons. The molecule has 0 saturated heterocycles. The van der Waals surface area contributed by atoms with Crippen molar-refractivity contribution in [3.05, 3.63) is 58.6 Å². The Morgan fingerprint density at radius 3 is 2.88 bits per heavy atom. The minimum atomic E-state index is 0. The highest BCUT2D eigenvalue weighted by Crippen LogP contribution is 2.37. The maximum atomic E-state index is 12.3. The molecule has 1 heterocycles. The van der Waals surface area contributed by atoms with Crippen molar-refractivity contribution in [3.8, 4) is 0 Å². The Morgan fingerprint density at radius 2 is 2.08 bits per heavy atom. The number of rotatable bonds is 4. The predicted octanol–water partition coefficient (Wildman–Crippen LogP) is 4.63. The number of amides is 1. The summed E-state index contributed by atoms with van der Waals surface area (Å²) in [5.41, 5.74) is 8.81. The minimum absolute atomic E-state index is 0. The van der Waals surface area contributed by atoms with Gasteiger partial charge in [0.15, 0.2) is 0 Å². The Balaban J connectivity index is 0.00000208. The van der Waals surface area contributed by atoms with Crippen LogP contribution < -0.4 is 11.1 Å². The predicted molar refractivity (Wildman–Crippen MR) is 104 cm³/mol. The zero-order valence-electron chi connectivity index (χ0n) is 13.1. The van der Waals surface area contributed by atoms with Gasteiger partial charge in [-0.3, -0.25) is 4.79 Å². The molecular weight excluding hydrogens is 363 g/mol. The summed E-state index contributed by atoms with van der Waals surface area (Å²) in [5, 5.41) is 3.85. The third kappa shape index (κ3) is 4.59. The molecule has 2 aromatic rings. The van der Waals surface area contributed by atoms with Gasteiger partial charge in [-0.25, -0.2) is 0 Å². The van der Waals surface area contributed by atoms with Crippen molar-refractivity contribution in [1.82, 2.24) is 5.32 Å². The molecular formula is C18H20Cl2N2OS. The van der Waals surface area contributed by atoms with Crippen LogP contribution in [0.15, 0.2) is 47.4 Å². The number of thioether (sulfide) groups is 1. The second-order valence-electron chi connectivity index (χ2n) is 5.64. The largest absolute Gasteiger partial charge is 0.399 e. The number of para-hydroxylation sites is 1. The fourth-order valence-corrected chi connectivity index (χ4v) is 4.08. The average Bonchev–Trinajstić information content (AvgIpc) is 2.55. The quantitative estimate of drug-likeness (QED) is 0.757. The lowest BCUT2D eigenvalue weighted by Crippen LogP contribution is -2.30. The van der Waals surface area contributed by atoms with Crippen molar-refractivity contribution in [3.63, 3.8) is 0 Å². The number of hydrogen-bond acceptors (Lipinski definition) is 3. The van der Waals surface area contributed by atoms with Gasteiger partial charge in [-0.2, -0.15) is 0 Å². The summed E-state index contributed by atoms with van der Waals surface area (Å²) in [6.07, 6.45) is 2.02. The lowest BCUT2D eigenvalue weighted by molar-refractivity contribution is -0.121. The van der Waals surface area contributed by atoms with Crippen molar-refractivity contribution < 1.29 is 4.79 Å². The fraction of sp³-hybridized carbons (Fsp3) is 0.278. The highest BCUT2D eigenvalue weighted by atomic mass is 35.5. The molecule has 6 heteroatoms. The number of hydrogen-bond donors (Lipinski definition) is 2. The normalized spacial score (nSPS) is 16.0. The summed E-state index contributed by atoms with van der Waals surface area (Å²) < 4.78 is 0. The monoisotopic (exact) mass is 382 g/mol. The molecule has 0 saturated carbocycles. The molecule has 3 N–H and O–H groups in total. The van der Waals surface area contributed by atoms with Gasteiger partial charge in [0.2, 0.25) is 5.91 Å². The molecule has 1 aliphatic rings. The van der Waals surface area contributed by atoms with Crippen molar-refractivity contribution in [1.29, 1.82) is 0 Å². The fourth-order valence-electron chi connectivity index (χ4n) is 2.79. The van der Waals surface area contributed by atoms with Crippen LogP contribution in [0.3, 0.4) is 0 Å². The highest BCUT2D eigenvalue weighted by Gasteiger charge is 2.22. The Bertz CT molecular complexity index is 724. The van der Waals surface area contributed by atoms with E-state index in [1.165, 1.54) is 4.90 Å². The Morgan fingerprint density at radius 1 is 1.29 bits per heavy atom. The Kier molecular flexibility index (Phi) is 6.84. The third-order valence-electron chi connectivity index (χ3n) is 4.02. The second kappa shape index (κ2) is 8.65. The lowest BCUT2D eigenvalue weighted by atomic mass is 10.0. The molecule has 3 rings (SSSR count). The van der Waals surface area contributed by atoms with Crippen molar-refractivity contribution >= 4 is 47.4 Å². The topological polar surface area (TPSA) is 55.1 Å². The first-order valence-corrected chi connectivity index (χ1v) is 9.05. The van der Waals surface area contributed by atoms with Crippen LogP contribution in [0, 0.1) is 0 Å². The summed E-state index contributed by atoms with van der Waals surface area (Å²) in [7, 11) is 0. The van der Waals surface area contributed by atoms with Crippen molar-refractivity contribution in [2.75, 3.05) is 11.5 Å². The van der Waals surface area contributed by atoms with Gasteiger partial charge in [0.1, 0.15) is 0 Å². The highest BCUT2D eigenvalue weighted by molar-refractivity contribution is 7.99. The molecule has 0 spiro atoms. The standard InChI is InChI=1S/C18H19ClN2OS.ClH/c19-13-6-7-17-14(11-13)16(9-10-23-17)21-18(22)8-5-12-3-1-2-4-15(12)20;/h1-4,6-7,11,16H,5,8-10,20H2,(H,21,22);1H. The van der Waals surface area contributed by atoms with Crippen LogP contribution in [0.25, 0.3) is 0 Å². The number of carbonyl (C=O) groups excluding carboxylic acids is 1. The SMILES string of the molecule is Cl.Nc1ccccc1CCC(=O)NC1CCSc2ccc(Cl)cc21. The molecule has 0 aliphatic carbocycles. The van der Waals surface area contributed by atoms with Crippen LogP contribution in [0.4, 0.5) is 5.69 Å². The Hall–Kier alpha value is -1.36. The van der Waals surface area contributed by atoms with E-state index < -0.39 is 0 Å². The molecule has 0 fully saturated rings. The van der Waals surface area contributed by atoms with E-state index in [2.05, 4.69) is 5.32 Å². The molecule has 1 atom stereocenters. The van der Waals surface area contributed by atoms with Crippen molar-refractivity contribution in [2.45, 2.75) is 30.2 Å². The first kappa shape index (κ1) is 19.0. The summed E-state index contributed by atoms with van der Waals surface area (Å²) in [6, 6.07) is 13.6. The van der Waals surface area contributed by atoms with Crippen molar-refractivity contribution in [2.24, 2.45) is 0 Å². The van der Waals surface area contributed by atoms with Gasteiger partial charge in [-0.15, -0.1) is 24.2 Å². The number of halogens is 2. The van der Waals surface area contributed by atoms with Crippen LogP contribution in [0.2, 0.25) is 5.02 Å². The zero-order chi connectivity index (χ0) is 16.2. The smallest absolute Gasteiger partial charge is 0.220 e. The molecule has 0 bridgehead atoms. The molecule has 2 aromatic carbocycles. The third-order valence-corrected chi connectivity index (χ3v) is 5.38. The van der Waals surface area contributed by atoms with Gasteiger partial charge >= 0.3 is 0 Å². The molecule has 1 amide bonds. The van der Waals surface area contributed by atoms with E-state index in [4.69, 9.17) is 17.3 Å².